The Balaban J connectivity index is 1.24. The van der Waals surface area contributed by atoms with E-state index in [2.05, 4.69) is 15.3 Å². The van der Waals surface area contributed by atoms with Crippen LogP contribution in [0, 0.1) is 11.2 Å². The zero-order chi connectivity index (χ0) is 20.9. The summed E-state index contributed by atoms with van der Waals surface area (Å²) in [6.45, 7) is -0.157. The van der Waals surface area contributed by atoms with E-state index in [9.17, 15) is 22.4 Å². The van der Waals surface area contributed by atoms with E-state index in [1.54, 1.807) is 0 Å². The lowest BCUT2D eigenvalue weighted by atomic mass is 9.38. The molecular formula is C19H16ClF4N3O2. The predicted octanol–water partition coefficient (Wildman–Crippen LogP) is 4.66. The van der Waals surface area contributed by atoms with Gasteiger partial charge < -0.3 is 10.1 Å². The molecule has 3 aliphatic carbocycles. The number of Topliss-reactive ketones (excluding diaryl/α,β-unsaturated/α-hetero) is 1. The molecule has 3 saturated carbocycles. The first kappa shape index (κ1) is 19.9. The molecule has 2 aromatic rings. The molecule has 0 spiro atoms. The van der Waals surface area contributed by atoms with Gasteiger partial charge in [-0.1, -0.05) is 11.6 Å². The van der Waals surface area contributed by atoms with Gasteiger partial charge in [0.2, 0.25) is 5.82 Å². The van der Waals surface area contributed by atoms with Crippen LogP contribution in [-0.4, -0.2) is 27.9 Å². The number of anilines is 1. The number of nitrogens with zero attached hydrogens (tertiary/aromatic N) is 2. The summed E-state index contributed by atoms with van der Waals surface area (Å²) in [5, 5.41) is 3.16. The molecule has 0 aliphatic heterocycles. The number of nitrogens with one attached hydrogen (secondary N) is 1. The highest BCUT2D eigenvalue weighted by molar-refractivity contribution is 6.30. The highest BCUT2D eigenvalue weighted by Gasteiger charge is 2.68. The Morgan fingerprint density at radius 1 is 1.21 bits per heavy atom. The lowest BCUT2D eigenvalue weighted by Crippen LogP contribution is -2.71. The minimum atomic E-state index is -4.57. The Morgan fingerprint density at radius 2 is 1.86 bits per heavy atom. The van der Waals surface area contributed by atoms with Crippen molar-refractivity contribution >= 4 is 23.1 Å². The average molecular weight is 430 g/mol. The molecule has 5 nitrogen and oxygen atoms in total. The van der Waals surface area contributed by atoms with Crippen LogP contribution in [0.1, 0.15) is 31.5 Å². The molecule has 29 heavy (non-hydrogen) atoms. The Labute approximate surface area is 168 Å². The second-order valence-electron chi connectivity index (χ2n) is 7.81. The van der Waals surface area contributed by atoms with Crippen LogP contribution < -0.4 is 10.1 Å². The zero-order valence-electron chi connectivity index (χ0n) is 15.0. The maximum Gasteiger partial charge on any atom is 0.451 e. The van der Waals surface area contributed by atoms with E-state index < -0.39 is 17.8 Å². The molecule has 0 radical (unpaired) electrons. The standard InChI is InChI=1S/C19H16ClF4N3O2/c20-14-2-1-13(3-15(14)21)29-7-12(28)4-17-8-18(9-17,10-17)27-11-5-25-16(26-6-11)19(22,23)24/h1-3,5-6,27H,4,7-10H2. The first-order valence-corrected chi connectivity index (χ1v) is 9.23. The van der Waals surface area contributed by atoms with Crippen molar-refractivity contribution in [3.8, 4) is 5.75 Å². The molecule has 1 aromatic heterocycles. The summed E-state index contributed by atoms with van der Waals surface area (Å²) in [6, 6.07) is 3.98. The third kappa shape index (κ3) is 4.01. The van der Waals surface area contributed by atoms with Crippen molar-refractivity contribution in [1.82, 2.24) is 9.97 Å². The highest BCUT2D eigenvalue weighted by atomic mass is 35.5. The number of hydrogen-bond acceptors (Lipinski definition) is 5. The van der Waals surface area contributed by atoms with Gasteiger partial charge in [-0.25, -0.2) is 14.4 Å². The lowest BCUT2D eigenvalue weighted by Gasteiger charge is -2.71. The fourth-order valence-electron chi connectivity index (χ4n) is 4.36. The topological polar surface area (TPSA) is 64.1 Å². The van der Waals surface area contributed by atoms with Crippen molar-refractivity contribution in [3.05, 3.63) is 47.3 Å². The summed E-state index contributed by atoms with van der Waals surface area (Å²) in [5.41, 5.74) is 0.0976. The fraction of sp³-hybridized carbons (Fsp3) is 0.421. The Morgan fingerprint density at radius 3 is 2.45 bits per heavy atom. The fourth-order valence-corrected chi connectivity index (χ4v) is 4.48. The second kappa shape index (κ2) is 6.83. The van der Waals surface area contributed by atoms with Crippen LogP contribution in [-0.2, 0) is 11.0 Å². The number of rotatable bonds is 7. The van der Waals surface area contributed by atoms with Crippen LogP contribution >= 0.6 is 11.6 Å². The molecule has 5 rings (SSSR count). The summed E-state index contributed by atoms with van der Waals surface area (Å²) >= 11 is 5.60. The number of hydrogen-bond donors (Lipinski definition) is 1. The SMILES string of the molecule is O=C(COc1ccc(Cl)c(F)c1)CC12CC(Nc3cnc(C(F)(F)F)nc3)(C1)C2. The van der Waals surface area contributed by atoms with Gasteiger partial charge in [-0.2, -0.15) is 13.2 Å². The molecule has 0 amide bonds. The Hall–Kier alpha value is -2.42. The van der Waals surface area contributed by atoms with Crippen molar-refractivity contribution in [2.24, 2.45) is 5.41 Å². The number of ketones is 1. The molecular weight excluding hydrogens is 414 g/mol. The third-order valence-electron chi connectivity index (χ3n) is 5.32. The number of carbonyl (C=O) groups excluding carboxylic acids is 1. The van der Waals surface area contributed by atoms with Gasteiger partial charge in [0.15, 0.2) is 5.78 Å². The van der Waals surface area contributed by atoms with Crippen LogP contribution in [0.5, 0.6) is 5.75 Å². The molecule has 3 aliphatic rings. The molecule has 1 heterocycles. The minimum Gasteiger partial charge on any atom is -0.486 e. The van der Waals surface area contributed by atoms with Crippen molar-refractivity contribution in [1.29, 1.82) is 0 Å². The monoisotopic (exact) mass is 429 g/mol. The van der Waals surface area contributed by atoms with Gasteiger partial charge in [0.05, 0.1) is 23.1 Å². The molecule has 0 unspecified atom stereocenters. The summed E-state index contributed by atoms with van der Waals surface area (Å²) in [5.74, 6) is -1.65. The number of halogens is 5. The second-order valence-corrected chi connectivity index (χ2v) is 8.22. The number of ether oxygens (including phenoxy) is 1. The summed E-state index contributed by atoms with van der Waals surface area (Å²) in [4.78, 5) is 18.9. The molecule has 10 heteroatoms. The number of aromatic nitrogens is 2. The van der Waals surface area contributed by atoms with Crippen LogP contribution in [0.3, 0.4) is 0 Å². The minimum absolute atomic E-state index is 0.0196. The summed E-state index contributed by atoms with van der Waals surface area (Å²) in [6.07, 6.45) is 0.225. The van der Waals surface area contributed by atoms with Crippen LogP contribution in [0.15, 0.2) is 30.6 Å². The normalized spacial score (nSPS) is 25.0. The first-order valence-electron chi connectivity index (χ1n) is 8.85. The molecule has 0 atom stereocenters. The van der Waals surface area contributed by atoms with E-state index in [1.807, 2.05) is 0 Å². The van der Waals surface area contributed by atoms with Gasteiger partial charge in [-0.15, -0.1) is 0 Å². The summed E-state index contributed by atoms with van der Waals surface area (Å²) in [7, 11) is 0. The smallest absolute Gasteiger partial charge is 0.451 e. The van der Waals surface area contributed by atoms with E-state index in [4.69, 9.17) is 16.3 Å². The predicted molar refractivity (Wildman–Crippen MR) is 96.2 cm³/mol. The van der Waals surface area contributed by atoms with E-state index in [-0.39, 0.29) is 34.1 Å². The van der Waals surface area contributed by atoms with Gasteiger partial charge in [0.1, 0.15) is 18.2 Å². The largest absolute Gasteiger partial charge is 0.486 e. The maximum absolute atomic E-state index is 13.4. The third-order valence-corrected chi connectivity index (χ3v) is 5.62. The van der Waals surface area contributed by atoms with Crippen molar-refractivity contribution < 1.29 is 27.1 Å². The van der Waals surface area contributed by atoms with E-state index in [0.29, 0.717) is 12.1 Å². The van der Waals surface area contributed by atoms with Gasteiger partial charge >= 0.3 is 6.18 Å². The van der Waals surface area contributed by atoms with Gasteiger partial charge in [0, 0.05) is 18.0 Å². The maximum atomic E-state index is 13.4. The van der Waals surface area contributed by atoms with Gasteiger partial charge in [-0.3, -0.25) is 4.79 Å². The highest BCUT2D eigenvalue weighted by Crippen LogP contribution is 2.70. The molecule has 1 aromatic carbocycles. The first-order chi connectivity index (χ1) is 13.6. The van der Waals surface area contributed by atoms with Crippen LogP contribution in [0.25, 0.3) is 0 Å². The lowest BCUT2D eigenvalue weighted by molar-refractivity contribution is -0.147. The van der Waals surface area contributed by atoms with E-state index in [0.717, 1.165) is 37.7 Å². The number of benzene rings is 1. The van der Waals surface area contributed by atoms with Crippen molar-refractivity contribution in [2.75, 3.05) is 11.9 Å². The molecule has 2 bridgehead atoms. The van der Waals surface area contributed by atoms with E-state index in [1.165, 1.54) is 12.1 Å². The molecule has 3 fully saturated rings. The Kier molecular flexibility index (Phi) is 4.68. The number of carbonyl (C=O) groups is 1. The van der Waals surface area contributed by atoms with Crippen LogP contribution in [0.2, 0.25) is 5.02 Å². The molecule has 154 valence electrons. The van der Waals surface area contributed by atoms with Crippen molar-refractivity contribution in [2.45, 2.75) is 37.4 Å². The zero-order valence-corrected chi connectivity index (χ0v) is 15.8. The summed E-state index contributed by atoms with van der Waals surface area (Å²) < 4.78 is 56.2. The van der Waals surface area contributed by atoms with Gasteiger partial charge in [0.25, 0.3) is 0 Å². The van der Waals surface area contributed by atoms with E-state index >= 15 is 0 Å². The quantitative estimate of drug-likeness (QED) is 0.648. The van der Waals surface area contributed by atoms with Gasteiger partial charge in [-0.05, 0) is 36.8 Å². The number of alkyl halides is 3. The molecule has 0 saturated heterocycles. The molecule has 1 N–H and O–H groups in total. The Bertz CT molecular complexity index is 930. The van der Waals surface area contributed by atoms with Crippen molar-refractivity contribution in [3.63, 3.8) is 0 Å². The van der Waals surface area contributed by atoms with Crippen LogP contribution in [0.4, 0.5) is 23.2 Å². The average Bonchev–Trinajstić information content (AvgIpc) is 2.59.